The topological polar surface area (TPSA) is 50.2 Å². The van der Waals surface area contributed by atoms with Crippen LogP contribution in [0.1, 0.15) is 24.8 Å². The summed E-state index contributed by atoms with van der Waals surface area (Å²) in [5.74, 6) is 0.501. The van der Waals surface area contributed by atoms with E-state index >= 15 is 0 Å². The number of benzene rings is 2. The first-order chi connectivity index (χ1) is 14.4. The van der Waals surface area contributed by atoms with Crippen LogP contribution in [0.3, 0.4) is 0 Å². The molecule has 1 aliphatic heterocycles. The summed E-state index contributed by atoms with van der Waals surface area (Å²) in [7, 11) is 0. The number of hydrogen-bond donors (Lipinski definition) is 1. The van der Waals surface area contributed by atoms with E-state index in [4.69, 9.17) is 39.9 Å². The Hall–Kier alpha value is -2.21. The van der Waals surface area contributed by atoms with E-state index in [1.165, 1.54) is 0 Å². The SMILES string of the molecule is Cc1c(NC(=O)N2CCCCC2)nn(-c2ccc(Cl)cc2Cl)c1-c1ccc(Cl)cc1. The van der Waals surface area contributed by atoms with E-state index in [-0.39, 0.29) is 6.03 Å². The summed E-state index contributed by atoms with van der Waals surface area (Å²) in [5, 5.41) is 9.34. The maximum Gasteiger partial charge on any atom is 0.323 e. The van der Waals surface area contributed by atoms with Crippen molar-refractivity contribution in [2.75, 3.05) is 18.4 Å². The molecule has 5 nitrogen and oxygen atoms in total. The van der Waals surface area contributed by atoms with Gasteiger partial charge in [-0.1, -0.05) is 46.9 Å². The number of rotatable bonds is 3. The van der Waals surface area contributed by atoms with Gasteiger partial charge < -0.3 is 4.90 Å². The van der Waals surface area contributed by atoms with E-state index in [1.807, 2.05) is 42.2 Å². The number of carbonyl (C=O) groups excluding carboxylic acids is 1. The highest BCUT2D eigenvalue weighted by Crippen LogP contribution is 2.35. The highest BCUT2D eigenvalue weighted by Gasteiger charge is 2.23. The summed E-state index contributed by atoms with van der Waals surface area (Å²) in [5.41, 5.74) is 3.25. The number of nitrogens with one attached hydrogen (secondary N) is 1. The van der Waals surface area contributed by atoms with Crippen molar-refractivity contribution in [1.82, 2.24) is 14.7 Å². The molecule has 2 heterocycles. The van der Waals surface area contributed by atoms with Crippen molar-refractivity contribution in [2.24, 2.45) is 0 Å². The van der Waals surface area contributed by atoms with Crippen LogP contribution < -0.4 is 5.32 Å². The third-order valence-corrected chi connectivity index (χ3v) is 6.04. The lowest BCUT2D eigenvalue weighted by Crippen LogP contribution is -2.38. The molecule has 1 N–H and O–H groups in total. The molecule has 1 aliphatic rings. The van der Waals surface area contributed by atoms with Gasteiger partial charge in [-0.2, -0.15) is 0 Å². The van der Waals surface area contributed by atoms with Gasteiger partial charge in [0.2, 0.25) is 0 Å². The molecule has 0 aliphatic carbocycles. The van der Waals surface area contributed by atoms with Crippen molar-refractivity contribution in [3.8, 4) is 16.9 Å². The lowest BCUT2D eigenvalue weighted by Gasteiger charge is -2.26. The average Bonchev–Trinajstić information content (AvgIpc) is 3.05. The second kappa shape index (κ2) is 8.88. The Labute approximate surface area is 190 Å². The van der Waals surface area contributed by atoms with Crippen LogP contribution in [0.15, 0.2) is 42.5 Å². The van der Waals surface area contributed by atoms with Gasteiger partial charge in [-0.3, -0.25) is 5.32 Å². The van der Waals surface area contributed by atoms with Crippen LogP contribution >= 0.6 is 34.8 Å². The smallest absolute Gasteiger partial charge is 0.323 e. The molecule has 156 valence electrons. The Kier molecular flexibility index (Phi) is 6.23. The monoisotopic (exact) mass is 462 g/mol. The molecule has 0 atom stereocenters. The van der Waals surface area contributed by atoms with Gasteiger partial charge in [-0.25, -0.2) is 9.48 Å². The van der Waals surface area contributed by atoms with Crippen molar-refractivity contribution in [3.63, 3.8) is 0 Å². The molecule has 0 radical (unpaired) electrons. The standard InChI is InChI=1S/C22H21Cl3N4O/c1-14-20(15-5-7-16(23)8-6-15)29(19-10-9-17(24)13-18(19)25)27-21(14)26-22(30)28-11-3-2-4-12-28/h5-10,13H,2-4,11-12H2,1H3,(H,26,27,30). The molecular weight excluding hydrogens is 443 g/mol. The maximum absolute atomic E-state index is 12.8. The summed E-state index contributed by atoms with van der Waals surface area (Å²) in [4.78, 5) is 14.6. The first-order valence-corrected chi connectivity index (χ1v) is 10.9. The Bertz CT molecular complexity index is 1070. The first-order valence-electron chi connectivity index (χ1n) is 9.81. The van der Waals surface area contributed by atoms with Crippen molar-refractivity contribution in [3.05, 3.63) is 63.1 Å². The fraction of sp³-hybridized carbons (Fsp3) is 0.273. The number of likely N-dealkylation sites (tertiary alicyclic amines) is 1. The van der Waals surface area contributed by atoms with Gasteiger partial charge in [0.15, 0.2) is 5.82 Å². The van der Waals surface area contributed by atoms with Crippen LogP contribution in [0, 0.1) is 6.92 Å². The fourth-order valence-corrected chi connectivity index (χ4v) is 4.28. The van der Waals surface area contributed by atoms with Crippen LogP contribution in [-0.2, 0) is 0 Å². The van der Waals surface area contributed by atoms with Gasteiger partial charge in [-0.05, 0) is 56.5 Å². The molecule has 1 fully saturated rings. The molecular formula is C22H21Cl3N4O. The minimum atomic E-state index is -0.132. The third kappa shape index (κ3) is 4.29. The van der Waals surface area contributed by atoms with Crippen molar-refractivity contribution in [1.29, 1.82) is 0 Å². The number of piperidine rings is 1. The minimum absolute atomic E-state index is 0.132. The van der Waals surface area contributed by atoms with Crippen molar-refractivity contribution < 1.29 is 4.79 Å². The lowest BCUT2D eigenvalue weighted by molar-refractivity contribution is 0.200. The number of urea groups is 1. The van der Waals surface area contributed by atoms with Crippen LogP contribution in [0.5, 0.6) is 0 Å². The summed E-state index contributed by atoms with van der Waals surface area (Å²) >= 11 is 18.6. The van der Waals surface area contributed by atoms with E-state index in [0.717, 1.165) is 49.2 Å². The molecule has 1 saturated heterocycles. The quantitative estimate of drug-likeness (QED) is 0.463. The van der Waals surface area contributed by atoms with Gasteiger partial charge in [0.25, 0.3) is 0 Å². The summed E-state index contributed by atoms with van der Waals surface area (Å²) in [6.45, 7) is 3.46. The molecule has 1 aromatic heterocycles. The van der Waals surface area contributed by atoms with Gasteiger partial charge in [0.05, 0.1) is 16.4 Å². The molecule has 3 aromatic rings. The summed E-state index contributed by atoms with van der Waals surface area (Å²) in [6.07, 6.45) is 3.21. The highest BCUT2D eigenvalue weighted by molar-refractivity contribution is 6.35. The minimum Gasteiger partial charge on any atom is -0.324 e. The zero-order valence-corrected chi connectivity index (χ0v) is 18.7. The predicted octanol–water partition coefficient (Wildman–Crippen LogP) is 6.83. The van der Waals surface area contributed by atoms with Gasteiger partial charge >= 0.3 is 6.03 Å². The van der Waals surface area contributed by atoms with Crippen LogP contribution in [-0.4, -0.2) is 33.8 Å². The largest absolute Gasteiger partial charge is 0.324 e. The summed E-state index contributed by atoms with van der Waals surface area (Å²) in [6, 6.07) is 12.6. The fourth-order valence-electron chi connectivity index (χ4n) is 3.67. The third-order valence-electron chi connectivity index (χ3n) is 5.25. The first kappa shape index (κ1) is 21.0. The molecule has 0 saturated carbocycles. The number of nitrogens with zero attached hydrogens (tertiary/aromatic N) is 3. The van der Waals surface area contributed by atoms with Gasteiger partial charge in [-0.15, -0.1) is 5.10 Å². The molecule has 0 spiro atoms. The molecule has 8 heteroatoms. The van der Waals surface area contributed by atoms with Crippen LogP contribution in [0.4, 0.5) is 10.6 Å². The van der Waals surface area contributed by atoms with Crippen molar-refractivity contribution >= 4 is 46.7 Å². The zero-order valence-electron chi connectivity index (χ0n) is 16.5. The lowest BCUT2D eigenvalue weighted by atomic mass is 10.1. The van der Waals surface area contributed by atoms with Crippen LogP contribution in [0.25, 0.3) is 16.9 Å². The highest BCUT2D eigenvalue weighted by atomic mass is 35.5. The second-order valence-corrected chi connectivity index (χ2v) is 8.59. The van der Waals surface area contributed by atoms with E-state index in [9.17, 15) is 4.79 Å². The molecule has 4 rings (SSSR count). The Morgan fingerprint density at radius 3 is 2.30 bits per heavy atom. The number of aromatic nitrogens is 2. The molecule has 2 amide bonds. The Balaban J connectivity index is 1.78. The number of halogens is 3. The molecule has 0 unspecified atom stereocenters. The molecule has 30 heavy (non-hydrogen) atoms. The second-order valence-electron chi connectivity index (χ2n) is 7.31. The molecule has 0 bridgehead atoms. The van der Waals surface area contributed by atoms with E-state index in [0.29, 0.717) is 26.6 Å². The van der Waals surface area contributed by atoms with E-state index < -0.39 is 0 Å². The van der Waals surface area contributed by atoms with Gasteiger partial charge in [0, 0.05) is 34.3 Å². The van der Waals surface area contributed by atoms with Crippen molar-refractivity contribution in [2.45, 2.75) is 26.2 Å². The number of amides is 2. The van der Waals surface area contributed by atoms with Gasteiger partial charge in [0.1, 0.15) is 0 Å². The number of carbonyl (C=O) groups is 1. The Morgan fingerprint density at radius 2 is 1.63 bits per heavy atom. The Morgan fingerprint density at radius 1 is 0.967 bits per heavy atom. The zero-order chi connectivity index (χ0) is 21.3. The molecule has 2 aromatic carbocycles. The van der Waals surface area contributed by atoms with E-state index in [2.05, 4.69) is 5.32 Å². The number of hydrogen-bond acceptors (Lipinski definition) is 2. The predicted molar refractivity (Wildman–Crippen MR) is 123 cm³/mol. The normalized spacial score (nSPS) is 14.1. The maximum atomic E-state index is 12.8. The van der Waals surface area contributed by atoms with Crippen LogP contribution in [0.2, 0.25) is 15.1 Å². The van der Waals surface area contributed by atoms with E-state index in [1.54, 1.807) is 16.8 Å². The summed E-state index contributed by atoms with van der Waals surface area (Å²) < 4.78 is 1.74. The number of anilines is 1. The average molecular weight is 464 g/mol.